The monoisotopic (exact) mass is 334 g/mol. The van der Waals surface area contributed by atoms with Crippen LogP contribution in [0.1, 0.15) is 36.9 Å². The van der Waals surface area contributed by atoms with Gasteiger partial charge in [-0.05, 0) is 36.1 Å². The largest absolute Gasteiger partial charge is 0.381 e. The highest BCUT2D eigenvalue weighted by Crippen LogP contribution is 2.35. The van der Waals surface area contributed by atoms with E-state index in [2.05, 4.69) is 29.7 Å². The van der Waals surface area contributed by atoms with E-state index >= 15 is 0 Å². The first-order valence-corrected chi connectivity index (χ1v) is 9.53. The Morgan fingerprint density at radius 2 is 2.17 bits per heavy atom. The molecule has 23 heavy (non-hydrogen) atoms. The molecule has 0 aromatic heterocycles. The first-order valence-electron chi connectivity index (χ1n) is 8.55. The fourth-order valence-corrected chi connectivity index (χ4v) is 4.75. The molecule has 1 amide bonds. The predicted octanol–water partition coefficient (Wildman–Crippen LogP) is 2.29. The summed E-state index contributed by atoms with van der Waals surface area (Å²) in [5.41, 5.74) is 2.41. The van der Waals surface area contributed by atoms with Gasteiger partial charge >= 0.3 is 0 Å². The topological polar surface area (TPSA) is 50.4 Å². The summed E-state index contributed by atoms with van der Waals surface area (Å²) < 4.78 is 5.64. The van der Waals surface area contributed by atoms with Crippen molar-refractivity contribution in [3.63, 3.8) is 0 Å². The van der Waals surface area contributed by atoms with Gasteiger partial charge < -0.3 is 15.4 Å². The van der Waals surface area contributed by atoms with Gasteiger partial charge in [0.25, 0.3) is 0 Å². The average Bonchev–Trinajstić information content (AvgIpc) is 2.60. The van der Waals surface area contributed by atoms with E-state index in [0.717, 1.165) is 56.9 Å². The van der Waals surface area contributed by atoms with Crippen LogP contribution in [-0.2, 0) is 16.0 Å². The van der Waals surface area contributed by atoms with Crippen molar-refractivity contribution in [3.8, 4) is 0 Å². The second-order valence-electron chi connectivity index (χ2n) is 6.28. The van der Waals surface area contributed by atoms with Crippen molar-refractivity contribution in [3.05, 3.63) is 35.4 Å². The maximum atomic E-state index is 12.7. The Bertz CT molecular complexity index is 538. The lowest BCUT2D eigenvalue weighted by atomic mass is 9.93. The molecule has 3 rings (SSSR count). The van der Waals surface area contributed by atoms with Gasteiger partial charge in [0, 0.05) is 31.1 Å². The highest BCUT2D eigenvalue weighted by atomic mass is 32.2. The molecule has 5 heteroatoms. The molecule has 2 aliphatic rings. The van der Waals surface area contributed by atoms with Crippen molar-refractivity contribution in [1.29, 1.82) is 0 Å². The number of hydrogen-bond donors (Lipinski definition) is 2. The molecule has 0 radical (unpaired) electrons. The predicted molar refractivity (Wildman–Crippen MR) is 94.8 cm³/mol. The number of fused-ring (bicyclic) bond motifs is 1. The fraction of sp³-hybridized carbons (Fsp3) is 0.611. The first-order chi connectivity index (χ1) is 11.2. The Morgan fingerprint density at radius 1 is 1.39 bits per heavy atom. The molecule has 1 unspecified atom stereocenters. The lowest BCUT2D eigenvalue weighted by molar-refractivity contribution is -0.123. The zero-order valence-corrected chi connectivity index (χ0v) is 14.6. The molecule has 1 fully saturated rings. The zero-order valence-electron chi connectivity index (χ0n) is 13.8. The maximum Gasteiger partial charge on any atom is 0.241 e. The van der Waals surface area contributed by atoms with Crippen LogP contribution in [0.4, 0.5) is 0 Å². The Balaban J connectivity index is 1.65. The van der Waals surface area contributed by atoms with E-state index in [1.54, 1.807) is 0 Å². The molecule has 0 saturated carbocycles. The third kappa shape index (κ3) is 3.90. The van der Waals surface area contributed by atoms with Gasteiger partial charge in [0.05, 0.1) is 0 Å². The Morgan fingerprint density at radius 3 is 2.96 bits per heavy atom. The second-order valence-corrected chi connectivity index (χ2v) is 8.01. The lowest BCUT2D eigenvalue weighted by Crippen LogP contribution is -2.48. The van der Waals surface area contributed by atoms with E-state index in [0.29, 0.717) is 0 Å². The van der Waals surface area contributed by atoms with Gasteiger partial charge in [-0.2, -0.15) is 11.8 Å². The number of hydrogen-bond acceptors (Lipinski definition) is 4. The van der Waals surface area contributed by atoms with Gasteiger partial charge in [-0.15, -0.1) is 0 Å². The maximum absolute atomic E-state index is 12.7. The van der Waals surface area contributed by atoms with Gasteiger partial charge in [0.15, 0.2) is 0 Å². The van der Waals surface area contributed by atoms with Crippen molar-refractivity contribution < 1.29 is 9.53 Å². The van der Waals surface area contributed by atoms with E-state index in [1.807, 2.05) is 23.9 Å². The number of rotatable bonds is 5. The number of benzene rings is 1. The normalized spacial score (nSPS) is 23.1. The van der Waals surface area contributed by atoms with Gasteiger partial charge in [0.1, 0.15) is 6.04 Å². The summed E-state index contributed by atoms with van der Waals surface area (Å²) in [4.78, 5) is 12.7. The third-order valence-corrected chi connectivity index (χ3v) is 6.26. The van der Waals surface area contributed by atoms with Crippen LogP contribution >= 0.6 is 11.8 Å². The van der Waals surface area contributed by atoms with Gasteiger partial charge in [-0.25, -0.2) is 0 Å². The summed E-state index contributed by atoms with van der Waals surface area (Å²) in [6.07, 6.45) is 3.02. The van der Waals surface area contributed by atoms with Crippen molar-refractivity contribution in [2.24, 2.45) is 0 Å². The number of carbonyl (C=O) groups is 1. The molecule has 0 spiro atoms. The zero-order chi connectivity index (χ0) is 16.1. The van der Waals surface area contributed by atoms with Crippen LogP contribution in [0.2, 0.25) is 0 Å². The van der Waals surface area contributed by atoms with E-state index in [1.165, 1.54) is 5.56 Å². The molecule has 2 heterocycles. The Labute approximate surface area is 142 Å². The SMILES string of the molecule is CCSC1(CNC(=O)C2NCCc3ccccc32)CCOCC1. The van der Waals surface area contributed by atoms with Crippen LogP contribution in [0, 0.1) is 0 Å². The molecule has 2 N–H and O–H groups in total. The van der Waals surface area contributed by atoms with E-state index in [4.69, 9.17) is 4.74 Å². The first kappa shape index (κ1) is 16.8. The Kier molecular flexibility index (Phi) is 5.62. The van der Waals surface area contributed by atoms with Crippen molar-refractivity contribution in [2.75, 3.05) is 32.1 Å². The van der Waals surface area contributed by atoms with E-state index in [-0.39, 0.29) is 16.7 Å². The molecular weight excluding hydrogens is 308 g/mol. The van der Waals surface area contributed by atoms with E-state index < -0.39 is 0 Å². The molecule has 2 aliphatic heterocycles. The summed E-state index contributed by atoms with van der Waals surface area (Å²) in [6, 6.07) is 8.04. The third-order valence-electron chi connectivity index (χ3n) is 4.81. The molecule has 1 atom stereocenters. The van der Waals surface area contributed by atoms with Crippen LogP contribution < -0.4 is 10.6 Å². The van der Waals surface area contributed by atoms with Crippen molar-refractivity contribution in [1.82, 2.24) is 10.6 Å². The summed E-state index contributed by atoms with van der Waals surface area (Å²) in [6.45, 7) is 5.37. The highest BCUT2D eigenvalue weighted by Gasteiger charge is 2.34. The van der Waals surface area contributed by atoms with Gasteiger partial charge in [0.2, 0.25) is 5.91 Å². The highest BCUT2D eigenvalue weighted by molar-refractivity contribution is 8.00. The molecule has 1 aromatic rings. The minimum atomic E-state index is -0.219. The minimum Gasteiger partial charge on any atom is -0.381 e. The number of thioether (sulfide) groups is 1. The lowest BCUT2D eigenvalue weighted by Gasteiger charge is -2.37. The molecule has 0 aliphatic carbocycles. The second kappa shape index (κ2) is 7.69. The van der Waals surface area contributed by atoms with Crippen LogP contribution in [0.25, 0.3) is 0 Å². The quantitative estimate of drug-likeness (QED) is 0.867. The fourth-order valence-electron chi connectivity index (χ4n) is 3.51. The molecular formula is C18H26N2O2S. The molecule has 4 nitrogen and oxygen atoms in total. The van der Waals surface area contributed by atoms with Crippen LogP contribution in [0.15, 0.2) is 24.3 Å². The minimum absolute atomic E-state index is 0.0970. The summed E-state index contributed by atoms with van der Waals surface area (Å²) >= 11 is 1.96. The summed E-state index contributed by atoms with van der Waals surface area (Å²) in [5, 5.41) is 6.57. The number of amides is 1. The van der Waals surface area contributed by atoms with Crippen LogP contribution in [0.5, 0.6) is 0 Å². The number of ether oxygens (including phenoxy) is 1. The van der Waals surface area contributed by atoms with Crippen LogP contribution in [0.3, 0.4) is 0 Å². The molecule has 1 aromatic carbocycles. The van der Waals surface area contributed by atoms with Crippen molar-refractivity contribution in [2.45, 2.75) is 37.0 Å². The molecule has 0 bridgehead atoms. The average molecular weight is 334 g/mol. The molecule has 1 saturated heterocycles. The summed E-state index contributed by atoms with van der Waals surface area (Å²) in [7, 11) is 0. The van der Waals surface area contributed by atoms with Crippen molar-refractivity contribution >= 4 is 17.7 Å². The number of carbonyl (C=O) groups excluding carboxylic acids is 1. The van der Waals surface area contributed by atoms with Crippen LogP contribution in [-0.4, -0.2) is 42.7 Å². The Hall–Kier alpha value is -1.04. The van der Waals surface area contributed by atoms with E-state index in [9.17, 15) is 4.79 Å². The smallest absolute Gasteiger partial charge is 0.241 e. The summed E-state index contributed by atoms with van der Waals surface area (Å²) in [5.74, 6) is 1.17. The van der Waals surface area contributed by atoms with Gasteiger partial charge in [-0.1, -0.05) is 31.2 Å². The number of nitrogens with one attached hydrogen (secondary N) is 2. The van der Waals surface area contributed by atoms with Gasteiger partial charge in [-0.3, -0.25) is 4.79 Å². The molecule has 126 valence electrons. The standard InChI is InChI=1S/C18H26N2O2S/c1-2-23-18(8-11-22-12-9-18)13-20-17(21)16-15-6-4-3-5-14(15)7-10-19-16/h3-6,16,19H,2,7-13H2,1H3,(H,20,21).